The predicted molar refractivity (Wildman–Crippen MR) is 93.4 cm³/mol. The van der Waals surface area contributed by atoms with Gasteiger partial charge in [-0.2, -0.15) is 5.26 Å². The second kappa shape index (κ2) is 7.02. The van der Waals surface area contributed by atoms with E-state index >= 15 is 0 Å². The number of hydrogen-bond acceptors (Lipinski definition) is 7. The lowest BCUT2D eigenvalue weighted by molar-refractivity contribution is 0.270. The molecule has 0 aromatic carbocycles. The Morgan fingerprint density at radius 3 is 2.74 bits per heavy atom. The summed E-state index contributed by atoms with van der Waals surface area (Å²) in [5.74, 6) is 0.895. The van der Waals surface area contributed by atoms with Gasteiger partial charge < -0.3 is 15.1 Å². The second-order valence-electron chi connectivity index (χ2n) is 5.54. The fourth-order valence-corrected chi connectivity index (χ4v) is 3.52. The topological polar surface area (TPSA) is 68.1 Å². The van der Waals surface area contributed by atoms with E-state index in [-0.39, 0.29) is 0 Å². The van der Waals surface area contributed by atoms with Crippen molar-refractivity contribution >= 4 is 23.2 Å². The van der Waals surface area contributed by atoms with E-state index in [9.17, 15) is 5.26 Å². The highest BCUT2D eigenvalue weighted by Gasteiger charge is 2.19. The molecule has 23 heavy (non-hydrogen) atoms. The lowest BCUT2D eigenvalue weighted by Gasteiger charge is -2.34. The zero-order valence-electron chi connectivity index (χ0n) is 13.4. The van der Waals surface area contributed by atoms with Crippen LogP contribution < -0.4 is 10.2 Å². The van der Waals surface area contributed by atoms with E-state index in [4.69, 9.17) is 0 Å². The summed E-state index contributed by atoms with van der Waals surface area (Å²) in [5, 5.41) is 15.6. The number of nitriles is 1. The maximum atomic E-state index is 9.53. The average molecular weight is 328 g/mol. The third-order valence-electron chi connectivity index (χ3n) is 4.06. The van der Waals surface area contributed by atoms with Crippen LogP contribution >= 0.6 is 11.8 Å². The van der Waals surface area contributed by atoms with Gasteiger partial charge in [0.25, 0.3) is 0 Å². The van der Waals surface area contributed by atoms with Gasteiger partial charge in [0.1, 0.15) is 23.8 Å². The van der Waals surface area contributed by atoms with Crippen molar-refractivity contribution in [3.05, 3.63) is 34.2 Å². The first-order valence-electron chi connectivity index (χ1n) is 7.75. The Morgan fingerprint density at radius 1 is 1.35 bits per heavy atom. The van der Waals surface area contributed by atoms with Crippen LogP contribution in [-0.2, 0) is 0 Å². The molecule has 3 heterocycles. The molecule has 6 nitrogen and oxygen atoms in total. The van der Waals surface area contributed by atoms with E-state index in [0.29, 0.717) is 11.3 Å². The molecule has 1 N–H and O–H groups in total. The SMILES string of the molecule is CCN1CCN(c2cc(/C(C#N)=C3/NC(C)=CS3)ncn2)CC1. The van der Waals surface area contributed by atoms with Crippen molar-refractivity contribution in [2.75, 3.05) is 37.6 Å². The highest BCUT2D eigenvalue weighted by molar-refractivity contribution is 8.06. The molecule has 7 heteroatoms. The van der Waals surface area contributed by atoms with E-state index in [1.54, 1.807) is 6.33 Å². The Hall–Kier alpha value is -2.04. The lowest BCUT2D eigenvalue weighted by atomic mass is 10.2. The molecule has 2 aliphatic heterocycles. The molecule has 1 fully saturated rings. The van der Waals surface area contributed by atoms with Crippen LogP contribution in [0.3, 0.4) is 0 Å². The molecule has 1 aromatic heterocycles. The fourth-order valence-electron chi connectivity index (χ4n) is 2.68. The monoisotopic (exact) mass is 328 g/mol. The van der Waals surface area contributed by atoms with Gasteiger partial charge in [0.15, 0.2) is 0 Å². The Balaban J connectivity index is 1.82. The first kappa shape index (κ1) is 15.8. The minimum Gasteiger partial charge on any atom is -0.354 e. The third kappa shape index (κ3) is 3.49. The van der Waals surface area contributed by atoms with Crippen molar-refractivity contribution in [3.63, 3.8) is 0 Å². The van der Waals surface area contributed by atoms with E-state index in [1.165, 1.54) is 11.8 Å². The molecular formula is C16H20N6S. The number of anilines is 1. The van der Waals surface area contributed by atoms with Crippen molar-refractivity contribution in [3.8, 4) is 6.07 Å². The number of thioether (sulfide) groups is 1. The highest BCUT2D eigenvalue weighted by atomic mass is 32.2. The van der Waals surface area contributed by atoms with E-state index in [0.717, 1.165) is 49.3 Å². The molecule has 0 atom stereocenters. The van der Waals surface area contributed by atoms with Crippen LogP contribution in [0.2, 0.25) is 0 Å². The van der Waals surface area contributed by atoms with Crippen molar-refractivity contribution in [2.24, 2.45) is 0 Å². The Labute approximate surface area is 140 Å². The van der Waals surface area contributed by atoms with Crippen molar-refractivity contribution in [1.29, 1.82) is 5.26 Å². The molecule has 3 rings (SSSR count). The van der Waals surface area contributed by atoms with Crippen LogP contribution in [0.1, 0.15) is 19.5 Å². The smallest absolute Gasteiger partial charge is 0.132 e. The summed E-state index contributed by atoms with van der Waals surface area (Å²) in [7, 11) is 0. The van der Waals surface area contributed by atoms with Gasteiger partial charge in [-0.15, -0.1) is 0 Å². The second-order valence-corrected chi connectivity index (χ2v) is 6.42. The van der Waals surface area contributed by atoms with Gasteiger partial charge in [-0.25, -0.2) is 9.97 Å². The molecule has 0 unspecified atom stereocenters. The van der Waals surface area contributed by atoms with E-state index < -0.39 is 0 Å². The van der Waals surface area contributed by atoms with Gasteiger partial charge in [0.2, 0.25) is 0 Å². The molecule has 2 aliphatic rings. The molecule has 0 bridgehead atoms. The lowest BCUT2D eigenvalue weighted by Crippen LogP contribution is -2.46. The van der Waals surface area contributed by atoms with Crippen LogP contribution in [0, 0.1) is 11.3 Å². The molecular weight excluding hydrogens is 308 g/mol. The molecule has 0 amide bonds. The summed E-state index contributed by atoms with van der Waals surface area (Å²) in [5.41, 5.74) is 2.29. The van der Waals surface area contributed by atoms with Gasteiger partial charge in [0, 0.05) is 37.9 Å². The summed E-state index contributed by atoms with van der Waals surface area (Å²) in [6.45, 7) is 9.25. The predicted octanol–water partition coefficient (Wildman–Crippen LogP) is 2.01. The first-order valence-corrected chi connectivity index (χ1v) is 8.63. The average Bonchev–Trinajstić information content (AvgIpc) is 3.02. The van der Waals surface area contributed by atoms with E-state index in [1.807, 2.05) is 18.4 Å². The van der Waals surface area contributed by atoms with Crippen LogP contribution in [-0.4, -0.2) is 47.6 Å². The Morgan fingerprint density at radius 2 is 2.13 bits per heavy atom. The molecule has 1 saturated heterocycles. The normalized spacial score (nSPS) is 20.7. The molecule has 0 aliphatic carbocycles. The summed E-state index contributed by atoms with van der Waals surface area (Å²) < 4.78 is 0. The molecule has 0 spiro atoms. The Bertz CT molecular complexity index is 682. The maximum Gasteiger partial charge on any atom is 0.132 e. The van der Waals surface area contributed by atoms with Crippen molar-refractivity contribution in [1.82, 2.24) is 20.2 Å². The maximum absolute atomic E-state index is 9.53. The van der Waals surface area contributed by atoms with Crippen LogP contribution in [0.5, 0.6) is 0 Å². The molecule has 1 aromatic rings. The standard InChI is InChI=1S/C16H20N6S/c1-3-21-4-6-22(7-5-21)15-8-14(18-11-19-15)13(9-17)16-20-12(2)10-23-16/h8,10-11,20H,3-7H2,1-2H3/b16-13-. The fraction of sp³-hybridized carbons (Fsp3) is 0.438. The van der Waals surface area contributed by atoms with Gasteiger partial charge in [0.05, 0.1) is 10.7 Å². The number of allylic oxidation sites excluding steroid dienone is 2. The first-order chi connectivity index (χ1) is 11.2. The largest absolute Gasteiger partial charge is 0.354 e. The zero-order chi connectivity index (χ0) is 16.2. The molecule has 0 radical (unpaired) electrons. The summed E-state index contributed by atoms with van der Waals surface area (Å²) in [4.78, 5) is 13.4. The van der Waals surface area contributed by atoms with Crippen molar-refractivity contribution in [2.45, 2.75) is 13.8 Å². The zero-order valence-corrected chi connectivity index (χ0v) is 14.2. The highest BCUT2D eigenvalue weighted by Crippen LogP contribution is 2.31. The third-order valence-corrected chi connectivity index (χ3v) is 5.07. The summed E-state index contributed by atoms with van der Waals surface area (Å²) in [6, 6.07) is 4.19. The Kier molecular flexibility index (Phi) is 4.84. The number of piperazine rings is 1. The van der Waals surface area contributed by atoms with Gasteiger partial charge in [-0.05, 0) is 18.9 Å². The van der Waals surface area contributed by atoms with Crippen LogP contribution in [0.4, 0.5) is 5.82 Å². The number of rotatable bonds is 3. The van der Waals surface area contributed by atoms with Crippen LogP contribution in [0.15, 0.2) is 28.5 Å². The van der Waals surface area contributed by atoms with Gasteiger partial charge in [-0.1, -0.05) is 18.7 Å². The number of likely N-dealkylation sites (N-methyl/N-ethyl adjacent to an activating group) is 1. The number of aromatic nitrogens is 2. The molecule has 120 valence electrons. The molecule has 0 saturated carbocycles. The van der Waals surface area contributed by atoms with Gasteiger partial charge in [-0.3, -0.25) is 0 Å². The summed E-state index contributed by atoms with van der Waals surface area (Å²) in [6.07, 6.45) is 1.55. The minimum absolute atomic E-state index is 0.568. The quantitative estimate of drug-likeness (QED) is 0.851. The number of nitrogens with zero attached hydrogens (tertiary/aromatic N) is 5. The van der Waals surface area contributed by atoms with E-state index in [2.05, 4.69) is 38.1 Å². The number of hydrogen-bond donors (Lipinski definition) is 1. The minimum atomic E-state index is 0.568. The summed E-state index contributed by atoms with van der Waals surface area (Å²) >= 11 is 1.53. The van der Waals surface area contributed by atoms with Crippen LogP contribution in [0.25, 0.3) is 5.57 Å². The van der Waals surface area contributed by atoms with Gasteiger partial charge >= 0.3 is 0 Å². The van der Waals surface area contributed by atoms with Crippen molar-refractivity contribution < 1.29 is 0 Å². The number of nitrogens with one attached hydrogen (secondary N) is 1.